The summed E-state index contributed by atoms with van der Waals surface area (Å²) >= 11 is 0. The number of amides is 1. The summed E-state index contributed by atoms with van der Waals surface area (Å²) in [7, 11) is 0. The van der Waals surface area contributed by atoms with Gasteiger partial charge in [0.2, 0.25) is 5.91 Å². The van der Waals surface area contributed by atoms with E-state index < -0.39 is 0 Å². The molecule has 3 aromatic carbocycles. The zero-order chi connectivity index (χ0) is 20.1. The number of fused-ring (bicyclic) bond motifs is 1. The summed E-state index contributed by atoms with van der Waals surface area (Å²) in [4.78, 5) is 29.4. The van der Waals surface area contributed by atoms with Crippen LogP contribution in [0.15, 0.2) is 95.9 Å². The van der Waals surface area contributed by atoms with E-state index in [1.54, 1.807) is 6.07 Å². The summed E-state index contributed by atoms with van der Waals surface area (Å²) in [5.41, 5.74) is 3.20. The number of rotatable bonds is 6. The van der Waals surface area contributed by atoms with Gasteiger partial charge in [0.25, 0.3) is 5.56 Å². The number of hydrogen-bond acceptors (Lipinski definition) is 3. The van der Waals surface area contributed by atoms with Crippen molar-refractivity contribution in [2.24, 2.45) is 0 Å². The maximum atomic E-state index is 12.9. The summed E-state index contributed by atoms with van der Waals surface area (Å²) in [5.74, 6) is -0.215. The molecule has 29 heavy (non-hydrogen) atoms. The van der Waals surface area contributed by atoms with Gasteiger partial charge in [-0.25, -0.2) is 4.98 Å². The number of nitrogens with zero attached hydrogens (tertiary/aromatic N) is 2. The summed E-state index contributed by atoms with van der Waals surface area (Å²) in [5, 5.41) is 3.10. The zero-order valence-corrected chi connectivity index (χ0v) is 15.9. The molecule has 0 radical (unpaired) electrons. The molecule has 0 aliphatic rings. The first kappa shape index (κ1) is 18.6. The van der Waals surface area contributed by atoms with Crippen LogP contribution < -0.4 is 10.9 Å². The molecule has 0 bridgehead atoms. The van der Waals surface area contributed by atoms with Gasteiger partial charge in [0.1, 0.15) is 6.54 Å². The van der Waals surface area contributed by atoms with Gasteiger partial charge in [-0.05, 0) is 29.7 Å². The highest BCUT2D eigenvalue weighted by Crippen LogP contribution is 2.18. The Morgan fingerprint density at radius 3 is 2.31 bits per heavy atom. The molecular formula is C24H21N3O2. The molecule has 0 fully saturated rings. The molecule has 4 aromatic rings. The fourth-order valence-electron chi connectivity index (χ4n) is 3.45. The first-order valence-corrected chi connectivity index (χ1v) is 9.53. The zero-order valence-electron chi connectivity index (χ0n) is 15.9. The van der Waals surface area contributed by atoms with Gasteiger partial charge < -0.3 is 5.32 Å². The number of carbonyl (C=O) groups excluding carboxylic acids is 1. The fraction of sp³-hybridized carbons (Fsp3) is 0.125. The van der Waals surface area contributed by atoms with Crippen LogP contribution in [0.1, 0.15) is 17.2 Å². The largest absolute Gasteiger partial charge is 0.347 e. The number of hydrogen-bond donors (Lipinski definition) is 1. The normalized spacial score (nSPS) is 11.9. The number of aromatic nitrogens is 2. The summed E-state index contributed by atoms with van der Waals surface area (Å²) < 4.78 is 1.46. The van der Waals surface area contributed by atoms with Gasteiger partial charge in [0.15, 0.2) is 0 Å². The van der Waals surface area contributed by atoms with Crippen molar-refractivity contribution in [3.05, 3.63) is 113 Å². The summed E-state index contributed by atoms with van der Waals surface area (Å²) in [6, 6.07) is 27.0. The number of nitrogens with one attached hydrogen (secondary N) is 1. The Morgan fingerprint density at radius 1 is 0.897 bits per heavy atom. The third-order valence-electron chi connectivity index (χ3n) is 4.87. The molecule has 1 atom stereocenters. The second-order valence-electron chi connectivity index (χ2n) is 6.89. The highest BCUT2D eigenvalue weighted by Gasteiger charge is 2.16. The molecule has 1 unspecified atom stereocenters. The van der Waals surface area contributed by atoms with Crippen LogP contribution in [0.2, 0.25) is 0 Å². The maximum absolute atomic E-state index is 12.9. The minimum atomic E-state index is -0.293. The molecule has 0 aliphatic carbocycles. The second kappa shape index (κ2) is 8.52. The van der Waals surface area contributed by atoms with E-state index in [0.29, 0.717) is 17.5 Å². The van der Waals surface area contributed by atoms with Gasteiger partial charge >= 0.3 is 0 Å². The van der Waals surface area contributed by atoms with E-state index in [1.807, 2.05) is 78.9 Å². The average molecular weight is 383 g/mol. The molecule has 0 aliphatic heterocycles. The van der Waals surface area contributed by atoms with Gasteiger partial charge in [0.05, 0.1) is 23.3 Å². The van der Waals surface area contributed by atoms with Crippen LogP contribution in [0.5, 0.6) is 0 Å². The van der Waals surface area contributed by atoms with Gasteiger partial charge in [0, 0.05) is 0 Å². The minimum Gasteiger partial charge on any atom is -0.347 e. The van der Waals surface area contributed by atoms with E-state index >= 15 is 0 Å². The lowest BCUT2D eigenvalue weighted by atomic mass is 9.99. The smallest absolute Gasteiger partial charge is 0.269 e. The molecule has 1 N–H and O–H groups in total. The Labute approximate surface area is 168 Å². The van der Waals surface area contributed by atoms with E-state index in [-0.39, 0.29) is 24.1 Å². The van der Waals surface area contributed by atoms with Gasteiger partial charge in [-0.2, -0.15) is 0 Å². The lowest BCUT2D eigenvalue weighted by molar-refractivity contribution is -0.122. The van der Waals surface area contributed by atoms with Crippen molar-refractivity contribution in [1.82, 2.24) is 14.9 Å². The topological polar surface area (TPSA) is 64.0 Å². The van der Waals surface area contributed by atoms with Crippen LogP contribution in [0.3, 0.4) is 0 Å². The second-order valence-corrected chi connectivity index (χ2v) is 6.89. The van der Waals surface area contributed by atoms with Crippen LogP contribution in [-0.4, -0.2) is 15.5 Å². The molecular weight excluding hydrogens is 362 g/mol. The molecule has 5 nitrogen and oxygen atoms in total. The standard InChI is InChI=1S/C24H21N3O2/c28-23(17-27-22-14-8-7-13-20(22)25-16-24(27)29)26-21(19-11-5-2-6-12-19)15-18-9-3-1-4-10-18/h1-14,16,21H,15,17H2,(H,26,28). The highest BCUT2D eigenvalue weighted by molar-refractivity contribution is 5.80. The van der Waals surface area contributed by atoms with Crippen molar-refractivity contribution in [2.75, 3.05) is 0 Å². The number of carbonyl (C=O) groups is 1. The molecule has 1 aromatic heterocycles. The monoisotopic (exact) mass is 383 g/mol. The van der Waals surface area contributed by atoms with Crippen molar-refractivity contribution in [3.63, 3.8) is 0 Å². The molecule has 0 spiro atoms. The Kier molecular flexibility index (Phi) is 5.47. The van der Waals surface area contributed by atoms with Crippen LogP contribution in [0.25, 0.3) is 11.0 Å². The fourth-order valence-corrected chi connectivity index (χ4v) is 3.45. The quantitative estimate of drug-likeness (QED) is 0.554. The lowest BCUT2D eigenvalue weighted by Crippen LogP contribution is -2.35. The van der Waals surface area contributed by atoms with Crippen LogP contribution in [0.4, 0.5) is 0 Å². The van der Waals surface area contributed by atoms with Crippen molar-refractivity contribution in [2.45, 2.75) is 19.0 Å². The van der Waals surface area contributed by atoms with Crippen molar-refractivity contribution in [1.29, 1.82) is 0 Å². The lowest BCUT2D eigenvalue weighted by Gasteiger charge is -2.20. The third-order valence-corrected chi connectivity index (χ3v) is 4.87. The molecule has 4 rings (SSSR count). The maximum Gasteiger partial charge on any atom is 0.269 e. The summed E-state index contributed by atoms with van der Waals surface area (Å²) in [6.07, 6.45) is 1.93. The Bertz CT molecular complexity index is 1170. The highest BCUT2D eigenvalue weighted by atomic mass is 16.2. The van der Waals surface area contributed by atoms with Crippen molar-refractivity contribution < 1.29 is 4.79 Å². The molecule has 5 heteroatoms. The summed E-state index contributed by atoms with van der Waals surface area (Å²) in [6.45, 7) is -0.0556. The van der Waals surface area contributed by atoms with Gasteiger partial charge in [-0.1, -0.05) is 72.8 Å². The SMILES string of the molecule is O=C(Cn1c(=O)cnc2ccccc21)NC(Cc1ccccc1)c1ccccc1. The van der Waals surface area contributed by atoms with Crippen LogP contribution in [-0.2, 0) is 17.8 Å². The molecule has 1 heterocycles. The van der Waals surface area contributed by atoms with E-state index in [1.165, 1.54) is 10.8 Å². The van der Waals surface area contributed by atoms with Crippen molar-refractivity contribution >= 4 is 16.9 Å². The Morgan fingerprint density at radius 2 is 1.55 bits per heavy atom. The van der Waals surface area contributed by atoms with Crippen LogP contribution in [0, 0.1) is 0 Å². The molecule has 0 saturated carbocycles. The van der Waals surface area contributed by atoms with E-state index in [0.717, 1.165) is 11.1 Å². The predicted octanol–water partition coefficient (Wildman–Crippen LogP) is 3.50. The predicted molar refractivity (Wildman–Crippen MR) is 113 cm³/mol. The van der Waals surface area contributed by atoms with E-state index in [2.05, 4.69) is 10.3 Å². The molecule has 0 saturated heterocycles. The van der Waals surface area contributed by atoms with Gasteiger partial charge in [-0.15, -0.1) is 0 Å². The Hall–Kier alpha value is -3.73. The van der Waals surface area contributed by atoms with Crippen LogP contribution >= 0.6 is 0 Å². The first-order valence-electron chi connectivity index (χ1n) is 9.53. The van der Waals surface area contributed by atoms with Crippen molar-refractivity contribution in [3.8, 4) is 0 Å². The number of benzene rings is 3. The average Bonchev–Trinajstić information content (AvgIpc) is 2.77. The molecule has 144 valence electrons. The van der Waals surface area contributed by atoms with E-state index in [9.17, 15) is 9.59 Å². The Balaban J connectivity index is 1.59. The minimum absolute atomic E-state index is 0.0556. The number of para-hydroxylation sites is 2. The first-order chi connectivity index (χ1) is 14.2. The molecule has 1 amide bonds. The third kappa shape index (κ3) is 4.41. The van der Waals surface area contributed by atoms with E-state index in [4.69, 9.17) is 0 Å². The van der Waals surface area contributed by atoms with Gasteiger partial charge in [-0.3, -0.25) is 14.2 Å².